The highest BCUT2D eigenvalue weighted by Crippen LogP contribution is 2.42. The molecule has 1 aliphatic carbocycles. The lowest BCUT2D eigenvalue weighted by Crippen LogP contribution is -2.43. The molecule has 1 fully saturated rings. The van der Waals surface area contributed by atoms with Gasteiger partial charge in [0.2, 0.25) is 5.91 Å². The molecule has 2 amide bonds. The second-order valence-corrected chi connectivity index (χ2v) is 10.5. The van der Waals surface area contributed by atoms with Gasteiger partial charge in [0.25, 0.3) is 5.91 Å². The van der Waals surface area contributed by atoms with Crippen molar-refractivity contribution in [1.29, 1.82) is 0 Å². The first-order valence-corrected chi connectivity index (χ1v) is 12.3. The molecule has 3 heterocycles. The first-order valence-electron chi connectivity index (χ1n) is 12.3. The molecule has 1 saturated heterocycles. The Labute approximate surface area is 197 Å². The van der Waals surface area contributed by atoms with Gasteiger partial charge < -0.3 is 21.7 Å². The second-order valence-electron chi connectivity index (χ2n) is 10.5. The maximum absolute atomic E-state index is 13.5. The van der Waals surface area contributed by atoms with Crippen LogP contribution in [0.15, 0.2) is 45.8 Å². The van der Waals surface area contributed by atoms with Gasteiger partial charge in [-0.2, -0.15) is 0 Å². The van der Waals surface area contributed by atoms with Crippen LogP contribution in [0.2, 0.25) is 0 Å². The fourth-order valence-electron chi connectivity index (χ4n) is 5.91. The third-order valence-corrected chi connectivity index (χ3v) is 7.66. The number of allylic oxidation sites excluding steroid dienone is 1. The molecule has 5 N–H and O–H groups in total. The van der Waals surface area contributed by atoms with Crippen LogP contribution < -0.4 is 21.7 Å². The first kappa shape index (κ1) is 23.6. The van der Waals surface area contributed by atoms with E-state index in [2.05, 4.69) is 47.7 Å². The normalized spacial score (nSPS) is 30.5. The van der Waals surface area contributed by atoms with Crippen LogP contribution in [0.25, 0.3) is 0 Å². The number of likely N-dealkylation sites (tertiary alicyclic amines) is 1. The van der Waals surface area contributed by atoms with Crippen LogP contribution in [0.1, 0.15) is 53.9 Å². The van der Waals surface area contributed by atoms with Gasteiger partial charge in [0.05, 0.1) is 5.82 Å². The van der Waals surface area contributed by atoms with Gasteiger partial charge in [0.1, 0.15) is 0 Å². The van der Waals surface area contributed by atoms with Crippen molar-refractivity contribution in [2.24, 2.45) is 17.6 Å². The Balaban J connectivity index is 1.61. The summed E-state index contributed by atoms with van der Waals surface area (Å²) in [5, 5.41) is 9.33. The van der Waals surface area contributed by atoms with Gasteiger partial charge in [-0.15, -0.1) is 0 Å². The van der Waals surface area contributed by atoms with E-state index in [1.807, 2.05) is 19.9 Å². The molecular weight excluding hydrogens is 414 g/mol. The smallest absolute Gasteiger partial charge is 0.251 e. The highest BCUT2D eigenvalue weighted by atomic mass is 16.2. The standard InChI is InChI=1S/C26H39N5O2/c1-14(2)31-13-16(4)24-20(9-19(10-22(24)31)18-6-7-23(27)28-11-18)25(32)29-12-21-15(3)8-17(5)30-26(21)33/h7,9,14,16-18,22,28H,6,8,10-13,27H2,1-5H3,(H,29,32)(H,30,33)/t16?,17?,18-,22?/m1/s1. The topological polar surface area (TPSA) is 99.5 Å². The molecule has 0 radical (unpaired) electrons. The molecule has 180 valence electrons. The molecule has 7 heteroatoms. The fourth-order valence-corrected chi connectivity index (χ4v) is 5.91. The van der Waals surface area contributed by atoms with E-state index in [-0.39, 0.29) is 30.4 Å². The maximum Gasteiger partial charge on any atom is 0.251 e. The summed E-state index contributed by atoms with van der Waals surface area (Å²) in [5.41, 5.74) is 11.0. The number of hydrogen-bond acceptors (Lipinski definition) is 5. The van der Waals surface area contributed by atoms with E-state index < -0.39 is 0 Å². The predicted octanol–water partition coefficient (Wildman–Crippen LogP) is 2.09. The number of rotatable bonds is 5. The molecule has 0 bridgehead atoms. The molecule has 7 nitrogen and oxygen atoms in total. The van der Waals surface area contributed by atoms with Crippen molar-refractivity contribution in [3.63, 3.8) is 0 Å². The highest BCUT2D eigenvalue weighted by Gasteiger charge is 2.42. The zero-order valence-corrected chi connectivity index (χ0v) is 20.6. The van der Waals surface area contributed by atoms with Crippen LogP contribution in [0.4, 0.5) is 0 Å². The van der Waals surface area contributed by atoms with Gasteiger partial charge in [-0.25, -0.2) is 0 Å². The third-order valence-electron chi connectivity index (χ3n) is 7.66. The number of carbonyl (C=O) groups excluding carboxylic acids is 2. The van der Waals surface area contributed by atoms with Gasteiger partial charge in [-0.1, -0.05) is 18.1 Å². The molecule has 4 atom stereocenters. The molecule has 0 aromatic rings. The molecule has 0 aromatic heterocycles. The van der Waals surface area contributed by atoms with Crippen molar-refractivity contribution in [3.05, 3.63) is 45.8 Å². The summed E-state index contributed by atoms with van der Waals surface area (Å²) in [4.78, 5) is 28.5. The largest absolute Gasteiger partial charge is 0.386 e. The van der Waals surface area contributed by atoms with Gasteiger partial charge in [0.15, 0.2) is 0 Å². The minimum atomic E-state index is -0.0739. The van der Waals surface area contributed by atoms with E-state index in [1.54, 1.807) is 0 Å². The van der Waals surface area contributed by atoms with E-state index in [9.17, 15) is 9.59 Å². The Morgan fingerprint density at radius 2 is 2.06 bits per heavy atom. The summed E-state index contributed by atoms with van der Waals surface area (Å²) < 4.78 is 0. The van der Waals surface area contributed by atoms with Crippen LogP contribution in [0.3, 0.4) is 0 Å². The zero-order chi connectivity index (χ0) is 23.9. The predicted molar refractivity (Wildman–Crippen MR) is 131 cm³/mol. The Hall–Kier alpha value is -2.54. The average Bonchev–Trinajstić information content (AvgIpc) is 3.09. The number of nitrogens with two attached hydrogens (primary N) is 1. The van der Waals surface area contributed by atoms with Crippen molar-refractivity contribution in [1.82, 2.24) is 20.9 Å². The van der Waals surface area contributed by atoms with Crippen molar-refractivity contribution in [2.45, 2.75) is 72.0 Å². The average molecular weight is 454 g/mol. The monoisotopic (exact) mass is 453 g/mol. The van der Waals surface area contributed by atoms with Crippen LogP contribution in [-0.2, 0) is 9.59 Å². The third kappa shape index (κ3) is 4.74. The molecule has 4 rings (SSSR count). The molecule has 0 aromatic carbocycles. The molecule has 4 aliphatic rings. The molecule has 33 heavy (non-hydrogen) atoms. The Bertz CT molecular complexity index is 958. The maximum atomic E-state index is 13.5. The SMILES string of the molecule is CC1=C(CNC(=O)C2=C3C(C)CN(C(C)C)C3CC([C@@H]3CC=C(N)NC3)=C2)C(=O)NC(C)C1. The minimum absolute atomic E-state index is 0.0696. The van der Waals surface area contributed by atoms with Crippen molar-refractivity contribution >= 4 is 11.8 Å². The summed E-state index contributed by atoms with van der Waals surface area (Å²) >= 11 is 0. The highest BCUT2D eigenvalue weighted by molar-refractivity contribution is 6.00. The van der Waals surface area contributed by atoms with Gasteiger partial charge in [-0.3, -0.25) is 14.5 Å². The Morgan fingerprint density at radius 1 is 1.30 bits per heavy atom. The minimum Gasteiger partial charge on any atom is -0.386 e. The molecule has 0 saturated carbocycles. The van der Waals surface area contributed by atoms with Crippen molar-refractivity contribution < 1.29 is 9.59 Å². The summed E-state index contributed by atoms with van der Waals surface area (Å²) in [6, 6.07) is 0.808. The number of fused-ring (bicyclic) bond motifs is 1. The van der Waals surface area contributed by atoms with Crippen molar-refractivity contribution in [2.75, 3.05) is 19.6 Å². The first-order chi connectivity index (χ1) is 15.7. The quantitative estimate of drug-likeness (QED) is 0.511. The van der Waals surface area contributed by atoms with Gasteiger partial charge >= 0.3 is 0 Å². The number of nitrogens with one attached hydrogen (secondary N) is 3. The van der Waals surface area contributed by atoms with E-state index in [0.717, 1.165) is 49.3 Å². The number of nitrogens with zero attached hydrogens (tertiary/aromatic N) is 1. The van der Waals surface area contributed by atoms with Crippen LogP contribution in [0, 0.1) is 11.8 Å². The summed E-state index contributed by atoms with van der Waals surface area (Å²) in [5.74, 6) is 1.26. The Kier molecular flexibility index (Phi) is 6.71. The summed E-state index contributed by atoms with van der Waals surface area (Å²) in [6.45, 7) is 12.7. The van der Waals surface area contributed by atoms with Crippen LogP contribution in [0.5, 0.6) is 0 Å². The lowest BCUT2D eigenvalue weighted by molar-refractivity contribution is -0.118. The molecule has 3 unspecified atom stereocenters. The summed E-state index contributed by atoms with van der Waals surface area (Å²) in [7, 11) is 0. The lowest BCUT2D eigenvalue weighted by Gasteiger charge is -2.35. The lowest BCUT2D eigenvalue weighted by atomic mass is 9.78. The number of hydrogen-bond donors (Lipinski definition) is 4. The summed E-state index contributed by atoms with van der Waals surface area (Å²) in [6.07, 6.45) is 6.85. The van der Waals surface area contributed by atoms with E-state index in [4.69, 9.17) is 5.73 Å². The number of carbonyl (C=O) groups is 2. The van der Waals surface area contributed by atoms with Crippen LogP contribution in [-0.4, -0.2) is 54.5 Å². The van der Waals surface area contributed by atoms with E-state index in [0.29, 0.717) is 23.5 Å². The number of amides is 2. The fraction of sp³-hybridized carbons (Fsp3) is 0.615. The van der Waals surface area contributed by atoms with Gasteiger partial charge in [-0.05, 0) is 70.6 Å². The second kappa shape index (κ2) is 9.37. The van der Waals surface area contributed by atoms with Crippen LogP contribution >= 0.6 is 0 Å². The molecule has 3 aliphatic heterocycles. The van der Waals surface area contributed by atoms with E-state index >= 15 is 0 Å². The zero-order valence-electron chi connectivity index (χ0n) is 20.6. The molecular formula is C26H39N5O2. The van der Waals surface area contributed by atoms with Crippen molar-refractivity contribution in [3.8, 4) is 0 Å². The Morgan fingerprint density at radius 3 is 2.70 bits per heavy atom. The van der Waals surface area contributed by atoms with E-state index in [1.165, 1.54) is 11.1 Å². The molecule has 0 spiro atoms. The van der Waals surface area contributed by atoms with Gasteiger partial charge in [0, 0.05) is 54.8 Å².